The van der Waals surface area contributed by atoms with Crippen LogP contribution < -0.4 is 5.32 Å². The molecule has 8 heteroatoms. The van der Waals surface area contributed by atoms with Gasteiger partial charge in [-0.05, 0) is 30.5 Å². The van der Waals surface area contributed by atoms with Gasteiger partial charge in [-0.15, -0.1) is 5.10 Å². The highest BCUT2D eigenvalue weighted by Crippen LogP contribution is 2.15. The quantitative estimate of drug-likeness (QED) is 0.857. The molecule has 2 aromatic rings. The summed E-state index contributed by atoms with van der Waals surface area (Å²) in [6.07, 6.45) is 4.60. The van der Waals surface area contributed by atoms with Crippen LogP contribution in [-0.2, 0) is 0 Å². The maximum atomic E-state index is 12.1. The van der Waals surface area contributed by atoms with Crippen LogP contribution in [0.2, 0.25) is 5.02 Å². The first kappa shape index (κ1) is 15.3. The predicted octanol–water partition coefficient (Wildman–Crippen LogP) is 1.45. The molecule has 0 spiro atoms. The summed E-state index contributed by atoms with van der Waals surface area (Å²) in [4.78, 5) is 13.8. The van der Waals surface area contributed by atoms with Crippen LogP contribution in [0.25, 0.3) is 5.69 Å². The highest BCUT2D eigenvalue weighted by Gasteiger charge is 2.22. The number of benzene rings is 1. The van der Waals surface area contributed by atoms with Crippen LogP contribution in [0.1, 0.15) is 16.9 Å². The van der Waals surface area contributed by atoms with Crippen LogP contribution >= 0.6 is 11.6 Å². The van der Waals surface area contributed by atoms with Crippen LogP contribution in [-0.4, -0.2) is 45.4 Å². The fourth-order valence-electron chi connectivity index (χ4n) is 2.53. The van der Waals surface area contributed by atoms with Crippen molar-refractivity contribution in [3.8, 4) is 11.9 Å². The Morgan fingerprint density at radius 2 is 2.39 bits per heavy atom. The van der Waals surface area contributed by atoms with Crippen LogP contribution in [0.15, 0.2) is 30.5 Å². The molecular weight excluding hydrogens is 316 g/mol. The molecule has 1 aromatic heterocycles. The van der Waals surface area contributed by atoms with Crippen LogP contribution in [0.5, 0.6) is 0 Å². The Labute approximate surface area is 138 Å². The molecule has 1 aliphatic heterocycles. The number of hydrogen-bond acceptors (Lipinski definition) is 5. The molecule has 0 bridgehead atoms. The zero-order chi connectivity index (χ0) is 16.2. The molecule has 0 radical (unpaired) electrons. The molecule has 1 N–H and O–H groups in total. The van der Waals surface area contributed by atoms with Crippen molar-refractivity contribution >= 4 is 17.5 Å². The van der Waals surface area contributed by atoms with Crippen molar-refractivity contribution < 1.29 is 4.79 Å². The van der Waals surface area contributed by atoms with Crippen molar-refractivity contribution in [2.24, 2.45) is 5.92 Å². The van der Waals surface area contributed by atoms with E-state index in [1.807, 2.05) is 6.07 Å². The van der Waals surface area contributed by atoms with Gasteiger partial charge in [-0.2, -0.15) is 5.26 Å². The third-order valence-electron chi connectivity index (χ3n) is 3.78. The minimum absolute atomic E-state index is 0.250. The number of nitrogens with one attached hydrogen (secondary N) is 1. The molecule has 3 rings (SSSR count). The van der Waals surface area contributed by atoms with Gasteiger partial charge in [0.25, 0.3) is 5.91 Å². The van der Waals surface area contributed by atoms with Gasteiger partial charge >= 0.3 is 0 Å². The van der Waals surface area contributed by atoms with E-state index in [4.69, 9.17) is 16.9 Å². The van der Waals surface area contributed by atoms with E-state index >= 15 is 0 Å². The van der Waals surface area contributed by atoms with Gasteiger partial charge in [0.05, 0.1) is 11.9 Å². The summed E-state index contributed by atoms with van der Waals surface area (Å²) >= 11 is 5.94. The molecule has 1 aliphatic rings. The lowest BCUT2D eigenvalue weighted by atomic mass is 10.1. The average molecular weight is 331 g/mol. The molecule has 1 atom stereocenters. The number of carbonyl (C=O) groups excluding carboxylic acids is 1. The van der Waals surface area contributed by atoms with E-state index in [1.54, 1.807) is 29.3 Å². The largest absolute Gasteiger partial charge is 0.350 e. The van der Waals surface area contributed by atoms with Crippen molar-refractivity contribution in [2.45, 2.75) is 6.42 Å². The summed E-state index contributed by atoms with van der Waals surface area (Å²) < 4.78 is 1.51. The van der Waals surface area contributed by atoms with Gasteiger partial charge in [-0.3, -0.25) is 4.79 Å². The number of hydrogen-bond donors (Lipinski definition) is 1. The smallest absolute Gasteiger partial charge is 0.273 e. The molecule has 7 nitrogen and oxygen atoms in total. The number of nitriles is 1. The first-order valence-corrected chi connectivity index (χ1v) is 7.64. The van der Waals surface area contributed by atoms with Gasteiger partial charge in [0.2, 0.25) is 0 Å². The van der Waals surface area contributed by atoms with Gasteiger partial charge in [-0.25, -0.2) is 4.68 Å². The Balaban J connectivity index is 1.60. The minimum atomic E-state index is -0.270. The van der Waals surface area contributed by atoms with Gasteiger partial charge in [0.1, 0.15) is 0 Å². The highest BCUT2D eigenvalue weighted by molar-refractivity contribution is 6.30. The molecule has 0 saturated carbocycles. The van der Waals surface area contributed by atoms with E-state index in [1.165, 1.54) is 4.68 Å². The number of rotatable bonds is 4. The monoisotopic (exact) mass is 330 g/mol. The first-order chi connectivity index (χ1) is 11.2. The van der Waals surface area contributed by atoms with Crippen LogP contribution in [0, 0.1) is 17.4 Å². The van der Waals surface area contributed by atoms with Gasteiger partial charge in [0.15, 0.2) is 11.9 Å². The Bertz CT molecular complexity index is 752. The minimum Gasteiger partial charge on any atom is -0.350 e. The maximum absolute atomic E-state index is 12.1. The standard InChI is InChI=1S/C15H15ClN6O/c16-12-2-1-3-13(6-12)22-9-14(19-20-22)15(23)18-7-11-4-5-21(8-11)10-17/h1-3,6,9,11H,4-5,7-8H2,(H,18,23)/t11-/m1/s1. The van der Waals surface area contributed by atoms with E-state index in [9.17, 15) is 4.79 Å². The van der Waals surface area contributed by atoms with Gasteiger partial charge in [0, 0.05) is 24.7 Å². The summed E-state index contributed by atoms with van der Waals surface area (Å²) in [6, 6.07) is 7.14. The Hall–Kier alpha value is -2.59. The fourth-order valence-corrected chi connectivity index (χ4v) is 2.71. The van der Waals surface area contributed by atoms with E-state index in [-0.39, 0.29) is 11.6 Å². The predicted molar refractivity (Wildman–Crippen MR) is 84.0 cm³/mol. The van der Waals surface area contributed by atoms with Crippen LogP contribution in [0.4, 0.5) is 0 Å². The Morgan fingerprint density at radius 3 is 3.13 bits per heavy atom. The summed E-state index contributed by atoms with van der Waals surface area (Å²) in [5.41, 5.74) is 0.990. The zero-order valence-electron chi connectivity index (χ0n) is 12.3. The third kappa shape index (κ3) is 3.60. The second kappa shape index (κ2) is 6.67. The molecule has 118 valence electrons. The number of carbonyl (C=O) groups is 1. The third-order valence-corrected chi connectivity index (χ3v) is 4.01. The number of nitrogens with zero attached hydrogens (tertiary/aromatic N) is 5. The molecule has 23 heavy (non-hydrogen) atoms. The average Bonchev–Trinajstić information content (AvgIpc) is 3.22. The summed E-state index contributed by atoms with van der Waals surface area (Å²) in [6.45, 7) is 1.97. The summed E-state index contributed by atoms with van der Waals surface area (Å²) in [5, 5.41) is 20.1. The molecule has 1 aromatic carbocycles. The topological polar surface area (TPSA) is 86.8 Å². The second-order valence-corrected chi connectivity index (χ2v) is 5.88. The van der Waals surface area contributed by atoms with Crippen molar-refractivity contribution in [1.82, 2.24) is 25.2 Å². The normalized spacial score (nSPS) is 17.0. The summed E-state index contributed by atoms with van der Waals surface area (Å²) in [7, 11) is 0. The van der Waals surface area contributed by atoms with Crippen molar-refractivity contribution in [3.63, 3.8) is 0 Å². The lowest BCUT2D eigenvalue weighted by Crippen LogP contribution is -2.30. The number of likely N-dealkylation sites (tertiary alicyclic amines) is 1. The Morgan fingerprint density at radius 1 is 1.52 bits per heavy atom. The van der Waals surface area contributed by atoms with E-state index in [2.05, 4.69) is 21.8 Å². The molecule has 1 saturated heterocycles. The lowest BCUT2D eigenvalue weighted by molar-refractivity contribution is 0.0942. The molecule has 1 amide bonds. The molecule has 0 unspecified atom stereocenters. The van der Waals surface area contributed by atoms with Gasteiger partial charge < -0.3 is 10.2 Å². The van der Waals surface area contributed by atoms with Crippen molar-refractivity contribution in [2.75, 3.05) is 19.6 Å². The second-order valence-electron chi connectivity index (χ2n) is 5.44. The fraction of sp³-hybridized carbons (Fsp3) is 0.333. The number of halogens is 1. The number of aromatic nitrogens is 3. The van der Waals surface area contributed by atoms with E-state index in [0.717, 1.165) is 18.7 Å². The van der Waals surface area contributed by atoms with Crippen LogP contribution in [0.3, 0.4) is 0 Å². The molecule has 2 heterocycles. The number of amides is 1. The van der Waals surface area contributed by atoms with Crippen molar-refractivity contribution in [3.05, 3.63) is 41.2 Å². The van der Waals surface area contributed by atoms with E-state index in [0.29, 0.717) is 24.0 Å². The SMILES string of the molecule is N#CN1CC[C@H](CNC(=O)c2cn(-c3cccc(Cl)c3)nn2)C1. The highest BCUT2D eigenvalue weighted by atomic mass is 35.5. The zero-order valence-corrected chi connectivity index (χ0v) is 13.1. The van der Waals surface area contributed by atoms with E-state index < -0.39 is 0 Å². The lowest BCUT2D eigenvalue weighted by Gasteiger charge is -2.09. The molecule has 0 aliphatic carbocycles. The van der Waals surface area contributed by atoms with Crippen molar-refractivity contribution in [1.29, 1.82) is 5.26 Å². The Kier molecular flexibility index (Phi) is 4.44. The molecular formula is C15H15ClN6O. The maximum Gasteiger partial charge on any atom is 0.273 e. The first-order valence-electron chi connectivity index (χ1n) is 7.27. The van der Waals surface area contributed by atoms with Gasteiger partial charge in [-0.1, -0.05) is 22.9 Å². The molecule has 1 fully saturated rings. The summed E-state index contributed by atoms with van der Waals surface area (Å²) in [5.74, 6) is 0.0234.